The fourth-order valence-corrected chi connectivity index (χ4v) is 2.60. The van der Waals surface area contributed by atoms with Crippen LogP contribution in [0.5, 0.6) is 0 Å². The number of hydrogen-bond acceptors (Lipinski definition) is 3. The molecule has 0 aliphatic heterocycles. The first-order valence-corrected chi connectivity index (χ1v) is 8.65. The van der Waals surface area contributed by atoms with Crippen molar-refractivity contribution in [1.82, 2.24) is 4.98 Å². The molecule has 132 valence electrons. The summed E-state index contributed by atoms with van der Waals surface area (Å²) >= 11 is 0. The lowest BCUT2D eigenvalue weighted by Crippen LogP contribution is -2.14. The Balaban J connectivity index is 1.62. The molecule has 0 bridgehead atoms. The maximum atomic E-state index is 12.4. The summed E-state index contributed by atoms with van der Waals surface area (Å²) in [6.07, 6.45) is 1.69. The molecule has 4 nitrogen and oxygen atoms in total. The van der Waals surface area contributed by atoms with Crippen molar-refractivity contribution in [2.75, 3.05) is 10.6 Å². The highest BCUT2D eigenvalue weighted by atomic mass is 16.1. The second-order valence-electron chi connectivity index (χ2n) is 6.54. The fraction of sp³-hybridized carbons (Fsp3) is 0.182. The molecule has 1 amide bonds. The van der Waals surface area contributed by atoms with E-state index in [0.29, 0.717) is 5.69 Å². The molecule has 1 heterocycles. The van der Waals surface area contributed by atoms with E-state index in [9.17, 15) is 4.79 Å². The molecule has 0 radical (unpaired) electrons. The van der Waals surface area contributed by atoms with Crippen molar-refractivity contribution in [1.29, 1.82) is 0 Å². The highest BCUT2D eigenvalue weighted by Gasteiger charge is 2.09. The van der Waals surface area contributed by atoms with Gasteiger partial charge >= 0.3 is 0 Å². The molecule has 0 fully saturated rings. The maximum absolute atomic E-state index is 12.4. The SMILES string of the molecule is Cc1ccc(CNc2ccc(C(=O)Nc3cc(C)ccc3C)nc2)cc1. The van der Waals surface area contributed by atoms with E-state index in [4.69, 9.17) is 0 Å². The number of rotatable bonds is 5. The number of hydrogen-bond donors (Lipinski definition) is 2. The normalized spacial score (nSPS) is 10.4. The average Bonchev–Trinajstić information content (AvgIpc) is 2.64. The van der Waals surface area contributed by atoms with Gasteiger partial charge in [0.2, 0.25) is 0 Å². The van der Waals surface area contributed by atoms with Gasteiger partial charge in [-0.3, -0.25) is 4.79 Å². The van der Waals surface area contributed by atoms with Gasteiger partial charge in [-0.05, 0) is 55.7 Å². The summed E-state index contributed by atoms with van der Waals surface area (Å²) in [6, 6.07) is 18.0. The van der Waals surface area contributed by atoms with Crippen LogP contribution in [0.4, 0.5) is 11.4 Å². The topological polar surface area (TPSA) is 54.0 Å². The van der Waals surface area contributed by atoms with E-state index < -0.39 is 0 Å². The van der Waals surface area contributed by atoms with Crippen LogP contribution in [0.15, 0.2) is 60.8 Å². The van der Waals surface area contributed by atoms with Gasteiger partial charge in [0, 0.05) is 12.2 Å². The third kappa shape index (κ3) is 4.48. The van der Waals surface area contributed by atoms with Crippen LogP contribution in [0.2, 0.25) is 0 Å². The number of benzene rings is 2. The zero-order valence-corrected chi connectivity index (χ0v) is 15.3. The molecular formula is C22H23N3O. The quantitative estimate of drug-likeness (QED) is 0.693. The van der Waals surface area contributed by atoms with Crippen LogP contribution in [0, 0.1) is 20.8 Å². The molecule has 0 unspecified atom stereocenters. The van der Waals surface area contributed by atoms with Crippen molar-refractivity contribution >= 4 is 17.3 Å². The van der Waals surface area contributed by atoms with Gasteiger partial charge in [0.1, 0.15) is 5.69 Å². The Hall–Kier alpha value is -3.14. The van der Waals surface area contributed by atoms with Crippen molar-refractivity contribution in [2.24, 2.45) is 0 Å². The van der Waals surface area contributed by atoms with Gasteiger partial charge in [-0.25, -0.2) is 4.98 Å². The number of amides is 1. The number of carbonyl (C=O) groups excluding carboxylic acids is 1. The summed E-state index contributed by atoms with van der Waals surface area (Å²) in [7, 11) is 0. The van der Waals surface area contributed by atoms with Gasteiger partial charge in [-0.15, -0.1) is 0 Å². The van der Waals surface area contributed by atoms with Crippen LogP contribution < -0.4 is 10.6 Å². The molecule has 2 aromatic carbocycles. The van der Waals surface area contributed by atoms with Gasteiger partial charge in [-0.1, -0.05) is 42.0 Å². The summed E-state index contributed by atoms with van der Waals surface area (Å²) in [5, 5.41) is 6.25. The van der Waals surface area contributed by atoms with Gasteiger partial charge in [-0.2, -0.15) is 0 Å². The number of nitrogens with one attached hydrogen (secondary N) is 2. The lowest BCUT2D eigenvalue weighted by atomic mass is 10.1. The standard InChI is InChI=1S/C22H23N3O/c1-15-5-8-18(9-6-15)13-23-19-10-11-20(24-14-19)22(26)25-21-12-16(2)4-7-17(21)3/h4-12,14,23H,13H2,1-3H3,(H,25,26). The van der Waals surface area contributed by atoms with E-state index in [1.807, 2.05) is 38.1 Å². The third-order valence-electron chi connectivity index (χ3n) is 4.25. The van der Waals surface area contributed by atoms with Crippen LogP contribution in [0.25, 0.3) is 0 Å². The van der Waals surface area contributed by atoms with Gasteiger partial charge in [0.05, 0.1) is 11.9 Å². The maximum Gasteiger partial charge on any atom is 0.274 e. The fourth-order valence-electron chi connectivity index (χ4n) is 2.60. The van der Waals surface area contributed by atoms with Crippen LogP contribution >= 0.6 is 0 Å². The first-order valence-electron chi connectivity index (χ1n) is 8.65. The molecule has 2 N–H and O–H groups in total. The highest BCUT2D eigenvalue weighted by molar-refractivity contribution is 6.03. The van der Waals surface area contributed by atoms with Gasteiger partial charge in [0.25, 0.3) is 5.91 Å². The summed E-state index contributed by atoms with van der Waals surface area (Å²) in [5.74, 6) is -0.205. The lowest BCUT2D eigenvalue weighted by molar-refractivity contribution is 0.102. The predicted octanol–water partition coefficient (Wildman–Crippen LogP) is 4.87. The second kappa shape index (κ2) is 7.83. The van der Waals surface area contributed by atoms with E-state index in [0.717, 1.165) is 29.0 Å². The number of aromatic nitrogens is 1. The molecule has 3 aromatic rings. The molecule has 0 saturated carbocycles. The summed E-state index contributed by atoms with van der Waals surface area (Å²) in [4.78, 5) is 16.7. The molecular weight excluding hydrogens is 322 g/mol. The first-order chi connectivity index (χ1) is 12.5. The number of aryl methyl sites for hydroxylation is 3. The van der Waals surface area contributed by atoms with E-state index in [-0.39, 0.29) is 5.91 Å². The Morgan fingerprint density at radius 3 is 2.35 bits per heavy atom. The summed E-state index contributed by atoms with van der Waals surface area (Å²) in [5.41, 5.74) is 6.68. The second-order valence-corrected chi connectivity index (χ2v) is 6.54. The molecule has 0 spiro atoms. The summed E-state index contributed by atoms with van der Waals surface area (Å²) in [6.45, 7) is 6.77. The Labute approximate surface area is 154 Å². The Morgan fingerprint density at radius 1 is 0.923 bits per heavy atom. The Kier molecular flexibility index (Phi) is 5.32. The van der Waals surface area contributed by atoms with Crippen molar-refractivity contribution in [2.45, 2.75) is 27.3 Å². The Morgan fingerprint density at radius 2 is 1.65 bits per heavy atom. The van der Waals surface area contributed by atoms with Crippen LogP contribution in [-0.2, 0) is 6.54 Å². The molecule has 0 saturated heterocycles. The minimum Gasteiger partial charge on any atom is -0.380 e. The van der Waals surface area contributed by atoms with Gasteiger partial charge < -0.3 is 10.6 Å². The molecule has 0 aliphatic rings. The number of carbonyl (C=O) groups is 1. The number of pyridine rings is 1. The smallest absolute Gasteiger partial charge is 0.274 e. The number of nitrogens with zero attached hydrogens (tertiary/aromatic N) is 1. The van der Waals surface area contributed by atoms with Crippen LogP contribution in [0.1, 0.15) is 32.7 Å². The van der Waals surface area contributed by atoms with E-state index in [2.05, 4.69) is 46.8 Å². The summed E-state index contributed by atoms with van der Waals surface area (Å²) < 4.78 is 0. The van der Waals surface area contributed by atoms with E-state index in [1.54, 1.807) is 12.3 Å². The monoisotopic (exact) mass is 345 g/mol. The zero-order chi connectivity index (χ0) is 18.5. The Bertz CT molecular complexity index is 900. The molecule has 1 aromatic heterocycles. The van der Waals surface area contributed by atoms with E-state index in [1.165, 1.54) is 11.1 Å². The predicted molar refractivity (Wildman–Crippen MR) is 107 cm³/mol. The van der Waals surface area contributed by atoms with Crippen molar-refractivity contribution in [3.8, 4) is 0 Å². The molecule has 26 heavy (non-hydrogen) atoms. The van der Waals surface area contributed by atoms with Crippen molar-refractivity contribution < 1.29 is 4.79 Å². The minimum atomic E-state index is -0.205. The highest BCUT2D eigenvalue weighted by Crippen LogP contribution is 2.17. The van der Waals surface area contributed by atoms with Crippen LogP contribution in [0.3, 0.4) is 0 Å². The average molecular weight is 345 g/mol. The molecule has 0 atom stereocenters. The largest absolute Gasteiger partial charge is 0.380 e. The first kappa shape index (κ1) is 17.7. The van der Waals surface area contributed by atoms with Gasteiger partial charge in [0.15, 0.2) is 0 Å². The lowest BCUT2D eigenvalue weighted by Gasteiger charge is -2.10. The minimum absolute atomic E-state index is 0.205. The molecule has 4 heteroatoms. The van der Waals surface area contributed by atoms with Crippen molar-refractivity contribution in [3.63, 3.8) is 0 Å². The van der Waals surface area contributed by atoms with E-state index >= 15 is 0 Å². The van der Waals surface area contributed by atoms with Crippen LogP contribution in [-0.4, -0.2) is 10.9 Å². The number of anilines is 2. The zero-order valence-electron chi connectivity index (χ0n) is 15.3. The molecule has 0 aliphatic carbocycles. The third-order valence-corrected chi connectivity index (χ3v) is 4.25. The molecule has 3 rings (SSSR count). The van der Waals surface area contributed by atoms with Crippen molar-refractivity contribution in [3.05, 3.63) is 88.7 Å².